The van der Waals surface area contributed by atoms with Gasteiger partial charge in [0, 0.05) is 12.7 Å². The standard InChI is InChI=1S/C20H21N5O/c1-20(2,3)15-6-4-13(5-7-15)11-23-19(26)14-10-16-18(22-12-14)25-17(24-16)8-9-21/h4-7,10,12H,8,11H2,1-3H3,(H,23,26)(H,22,24,25). The molecule has 26 heavy (non-hydrogen) atoms. The zero-order chi connectivity index (χ0) is 18.7. The third-order valence-electron chi connectivity index (χ3n) is 4.17. The molecular formula is C20H21N5O. The van der Waals surface area contributed by atoms with Gasteiger partial charge in [-0.2, -0.15) is 5.26 Å². The summed E-state index contributed by atoms with van der Waals surface area (Å²) in [5, 5.41) is 11.6. The lowest BCUT2D eigenvalue weighted by Crippen LogP contribution is -2.23. The minimum Gasteiger partial charge on any atom is -0.348 e. The molecule has 0 aliphatic rings. The molecule has 3 aromatic rings. The molecule has 2 N–H and O–H groups in total. The zero-order valence-electron chi connectivity index (χ0n) is 15.1. The van der Waals surface area contributed by atoms with Gasteiger partial charge in [-0.3, -0.25) is 4.79 Å². The SMILES string of the molecule is CC(C)(C)c1ccc(CNC(=O)c2cnc3nc(CC#N)[nH]c3c2)cc1. The molecule has 3 rings (SSSR count). The molecule has 0 saturated carbocycles. The Balaban J connectivity index is 1.68. The monoisotopic (exact) mass is 347 g/mol. The number of H-pyrrole nitrogens is 1. The average molecular weight is 347 g/mol. The zero-order valence-corrected chi connectivity index (χ0v) is 15.1. The van der Waals surface area contributed by atoms with Crippen molar-refractivity contribution in [2.45, 2.75) is 39.2 Å². The van der Waals surface area contributed by atoms with E-state index in [0.29, 0.717) is 29.1 Å². The van der Waals surface area contributed by atoms with Crippen LogP contribution in [0.15, 0.2) is 36.5 Å². The van der Waals surface area contributed by atoms with Crippen molar-refractivity contribution in [3.05, 3.63) is 59.0 Å². The first kappa shape index (κ1) is 17.6. The number of rotatable bonds is 4. The third-order valence-corrected chi connectivity index (χ3v) is 4.17. The summed E-state index contributed by atoms with van der Waals surface area (Å²) in [6, 6.07) is 12.0. The van der Waals surface area contributed by atoms with Gasteiger partial charge in [-0.15, -0.1) is 0 Å². The highest BCUT2D eigenvalue weighted by Gasteiger charge is 2.13. The van der Waals surface area contributed by atoms with Gasteiger partial charge in [0.05, 0.1) is 23.6 Å². The predicted octanol–water partition coefficient (Wildman–Crippen LogP) is 3.25. The maximum Gasteiger partial charge on any atom is 0.253 e. The number of nitrogens with one attached hydrogen (secondary N) is 2. The van der Waals surface area contributed by atoms with Gasteiger partial charge >= 0.3 is 0 Å². The van der Waals surface area contributed by atoms with E-state index in [1.807, 2.05) is 18.2 Å². The fourth-order valence-corrected chi connectivity index (χ4v) is 2.64. The van der Waals surface area contributed by atoms with Crippen molar-refractivity contribution in [1.29, 1.82) is 5.26 Å². The fraction of sp³-hybridized carbons (Fsp3) is 0.300. The van der Waals surface area contributed by atoms with Gasteiger partial charge in [0.1, 0.15) is 5.82 Å². The Morgan fingerprint density at radius 3 is 2.65 bits per heavy atom. The van der Waals surface area contributed by atoms with Crippen molar-refractivity contribution in [3.63, 3.8) is 0 Å². The topological polar surface area (TPSA) is 94.5 Å². The highest BCUT2D eigenvalue weighted by atomic mass is 16.1. The van der Waals surface area contributed by atoms with Crippen molar-refractivity contribution in [2.24, 2.45) is 0 Å². The lowest BCUT2D eigenvalue weighted by molar-refractivity contribution is 0.0950. The number of carbonyl (C=O) groups is 1. The number of hydrogen-bond donors (Lipinski definition) is 2. The largest absolute Gasteiger partial charge is 0.348 e. The number of benzene rings is 1. The van der Waals surface area contributed by atoms with Gasteiger partial charge in [-0.25, -0.2) is 9.97 Å². The van der Waals surface area contributed by atoms with E-state index in [1.165, 1.54) is 11.8 Å². The van der Waals surface area contributed by atoms with Crippen LogP contribution in [0.5, 0.6) is 0 Å². The van der Waals surface area contributed by atoms with E-state index in [4.69, 9.17) is 5.26 Å². The van der Waals surface area contributed by atoms with Crippen molar-refractivity contribution in [1.82, 2.24) is 20.3 Å². The molecule has 0 saturated heterocycles. The molecule has 0 fully saturated rings. The second kappa shape index (κ2) is 6.96. The van der Waals surface area contributed by atoms with Gasteiger partial charge in [-0.05, 0) is 22.6 Å². The number of nitrogens with zero attached hydrogens (tertiary/aromatic N) is 3. The fourth-order valence-electron chi connectivity index (χ4n) is 2.64. The van der Waals surface area contributed by atoms with Crippen LogP contribution in [0, 0.1) is 11.3 Å². The van der Waals surface area contributed by atoms with Crippen LogP contribution in [0.4, 0.5) is 0 Å². The Morgan fingerprint density at radius 1 is 1.27 bits per heavy atom. The summed E-state index contributed by atoms with van der Waals surface area (Å²) in [4.78, 5) is 23.8. The van der Waals surface area contributed by atoms with Crippen LogP contribution < -0.4 is 5.32 Å². The van der Waals surface area contributed by atoms with Crippen molar-refractivity contribution >= 4 is 17.1 Å². The van der Waals surface area contributed by atoms with Crippen LogP contribution in [0.1, 0.15) is 48.1 Å². The smallest absolute Gasteiger partial charge is 0.253 e. The number of aromatic nitrogens is 3. The maximum atomic E-state index is 12.4. The van der Waals surface area contributed by atoms with Crippen LogP contribution in [0.3, 0.4) is 0 Å². The molecule has 1 amide bonds. The first-order chi connectivity index (χ1) is 12.4. The van der Waals surface area contributed by atoms with Gasteiger partial charge in [0.25, 0.3) is 5.91 Å². The summed E-state index contributed by atoms with van der Waals surface area (Å²) in [6.07, 6.45) is 1.68. The number of pyridine rings is 1. The minimum atomic E-state index is -0.198. The molecular weight excluding hydrogens is 326 g/mol. The normalized spacial score (nSPS) is 11.3. The minimum absolute atomic E-state index is 0.108. The third kappa shape index (κ3) is 3.89. The Labute approximate surface area is 152 Å². The van der Waals surface area contributed by atoms with Gasteiger partial charge < -0.3 is 10.3 Å². The summed E-state index contributed by atoms with van der Waals surface area (Å²) in [5.41, 5.74) is 4.02. The van der Waals surface area contributed by atoms with Crippen molar-refractivity contribution < 1.29 is 4.79 Å². The first-order valence-electron chi connectivity index (χ1n) is 8.46. The van der Waals surface area contributed by atoms with Crippen LogP contribution >= 0.6 is 0 Å². The highest BCUT2D eigenvalue weighted by Crippen LogP contribution is 2.22. The second-order valence-electron chi connectivity index (χ2n) is 7.24. The lowest BCUT2D eigenvalue weighted by atomic mass is 9.87. The van der Waals surface area contributed by atoms with E-state index in [0.717, 1.165) is 5.56 Å². The number of hydrogen-bond acceptors (Lipinski definition) is 4. The highest BCUT2D eigenvalue weighted by molar-refractivity contribution is 5.96. The Kier molecular flexibility index (Phi) is 4.72. The van der Waals surface area contributed by atoms with Crippen LogP contribution in [-0.4, -0.2) is 20.9 Å². The molecule has 2 heterocycles. The molecule has 0 radical (unpaired) electrons. The predicted molar refractivity (Wildman–Crippen MR) is 99.5 cm³/mol. The molecule has 0 bridgehead atoms. The summed E-state index contributed by atoms with van der Waals surface area (Å²) >= 11 is 0. The summed E-state index contributed by atoms with van der Waals surface area (Å²) in [5.74, 6) is 0.349. The average Bonchev–Trinajstić information content (AvgIpc) is 3.01. The van der Waals surface area contributed by atoms with E-state index < -0.39 is 0 Å². The van der Waals surface area contributed by atoms with Gasteiger partial charge in [0.15, 0.2) is 5.65 Å². The Hall–Kier alpha value is -3.20. The molecule has 0 aliphatic carbocycles. The number of amides is 1. The van der Waals surface area contributed by atoms with E-state index >= 15 is 0 Å². The number of nitriles is 1. The van der Waals surface area contributed by atoms with E-state index in [1.54, 1.807) is 6.07 Å². The molecule has 0 unspecified atom stereocenters. The lowest BCUT2D eigenvalue weighted by Gasteiger charge is -2.19. The van der Waals surface area contributed by atoms with E-state index in [-0.39, 0.29) is 17.7 Å². The van der Waals surface area contributed by atoms with Gasteiger partial charge in [-0.1, -0.05) is 45.0 Å². The maximum absolute atomic E-state index is 12.4. The number of imidazole rings is 1. The molecule has 2 aromatic heterocycles. The van der Waals surface area contributed by atoms with Gasteiger partial charge in [0.2, 0.25) is 0 Å². The summed E-state index contributed by atoms with van der Waals surface area (Å²) in [7, 11) is 0. The quantitative estimate of drug-likeness (QED) is 0.757. The number of fused-ring (bicyclic) bond motifs is 1. The molecule has 6 heteroatoms. The number of aromatic amines is 1. The molecule has 0 aliphatic heterocycles. The van der Waals surface area contributed by atoms with Crippen LogP contribution in [-0.2, 0) is 18.4 Å². The first-order valence-corrected chi connectivity index (χ1v) is 8.46. The molecule has 0 spiro atoms. The molecule has 132 valence electrons. The summed E-state index contributed by atoms with van der Waals surface area (Å²) in [6.45, 7) is 6.96. The molecule has 0 atom stereocenters. The molecule has 6 nitrogen and oxygen atoms in total. The van der Waals surface area contributed by atoms with E-state index in [9.17, 15) is 4.79 Å². The van der Waals surface area contributed by atoms with E-state index in [2.05, 4.69) is 53.2 Å². The number of carbonyl (C=O) groups excluding carboxylic acids is 1. The Morgan fingerprint density at radius 2 is 2.00 bits per heavy atom. The Bertz CT molecular complexity index is 974. The van der Waals surface area contributed by atoms with Crippen LogP contribution in [0.2, 0.25) is 0 Å². The van der Waals surface area contributed by atoms with Crippen LogP contribution in [0.25, 0.3) is 11.2 Å². The van der Waals surface area contributed by atoms with Crippen molar-refractivity contribution in [2.75, 3.05) is 0 Å². The second-order valence-corrected chi connectivity index (χ2v) is 7.24. The summed E-state index contributed by atoms with van der Waals surface area (Å²) < 4.78 is 0. The molecule has 1 aromatic carbocycles. The van der Waals surface area contributed by atoms with Crippen molar-refractivity contribution in [3.8, 4) is 6.07 Å².